The van der Waals surface area contributed by atoms with Gasteiger partial charge in [0, 0.05) is 12.0 Å². The smallest absolute Gasteiger partial charge is 0.273 e. The van der Waals surface area contributed by atoms with E-state index < -0.39 is 0 Å². The Morgan fingerprint density at radius 2 is 2.09 bits per heavy atom. The predicted octanol–water partition coefficient (Wildman–Crippen LogP) is 4.21. The van der Waals surface area contributed by atoms with Gasteiger partial charge < -0.3 is 9.84 Å². The molecular formula is C18H21FN2O2. The van der Waals surface area contributed by atoms with E-state index in [0.717, 1.165) is 24.2 Å². The molecule has 1 aliphatic rings. The lowest BCUT2D eigenvalue weighted by Crippen LogP contribution is -2.36. The van der Waals surface area contributed by atoms with Crippen LogP contribution >= 0.6 is 0 Å². The maximum Gasteiger partial charge on any atom is 0.273 e. The molecule has 3 rings (SSSR count). The number of hydrogen-bond donors (Lipinski definition) is 1. The average Bonchev–Trinajstić information content (AvgIpc) is 3.20. The SMILES string of the molecule is CC(C)(C)C(NC(=O)c1cc(C2CC2)on1)c1cccc(F)c1. The zero-order chi connectivity index (χ0) is 16.6. The second-order valence-electron chi connectivity index (χ2n) is 7.22. The zero-order valence-electron chi connectivity index (χ0n) is 13.6. The first-order chi connectivity index (χ1) is 10.8. The van der Waals surface area contributed by atoms with Gasteiger partial charge in [-0.05, 0) is 36.0 Å². The zero-order valence-corrected chi connectivity index (χ0v) is 13.6. The summed E-state index contributed by atoms with van der Waals surface area (Å²) >= 11 is 0. The second kappa shape index (κ2) is 5.80. The molecule has 1 fully saturated rings. The normalized spacial score (nSPS) is 16.2. The van der Waals surface area contributed by atoms with E-state index in [2.05, 4.69) is 10.5 Å². The van der Waals surface area contributed by atoms with Gasteiger partial charge >= 0.3 is 0 Å². The summed E-state index contributed by atoms with van der Waals surface area (Å²) in [6.45, 7) is 6.00. The molecule has 0 radical (unpaired) electrons. The Labute approximate surface area is 135 Å². The summed E-state index contributed by atoms with van der Waals surface area (Å²) in [7, 11) is 0. The van der Waals surface area contributed by atoms with Crippen LogP contribution in [-0.4, -0.2) is 11.1 Å². The van der Waals surface area contributed by atoms with Gasteiger partial charge in [-0.15, -0.1) is 0 Å². The Kier molecular flexibility index (Phi) is 3.96. The maximum atomic E-state index is 13.5. The molecule has 1 aromatic carbocycles. The van der Waals surface area contributed by atoms with Gasteiger partial charge in [0.2, 0.25) is 0 Å². The Morgan fingerprint density at radius 1 is 1.35 bits per heavy atom. The quantitative estimate of drug-likeness (QED) is 0.919. The van der Waals surface area contributed by atoms with Crippen LogP contribution in [0.15, 0.2) is 34.9 Å². The number of rotatable bonds is 4. The molecule has 1 heterocycles. The van der Waals surface area contributed by atoms with Crippen LogP contribution in [0.1, 0.15) is 67.4 Å². The molecule has 1 unspecified atom stereocenters. The number of halogens is 1. The van der Waals surface area contributed by atoms with Gasteiger partial charge in [0.05, 0.1) is 6.04 Å². The number of nitrogens with zero attached hydrogens (tertiary/aromatic N) is 1. The monoisotopic (exact) mass is 316 g/mol. The first kappa shape index (κ1) is 15.7. The Balaban J connectivity index is 1.81. The van der Waals surface area contributed by atoms with Crippen molar-refractivity contribution < 1.29 is 13.7 Å². The van der Waals surface area contributed by atoms with E-state index in [4.69, 9.17) is 4.52 Å². The molecule has 1 aliphatic carbocycles. The number of carbonyl (C=O) groups excluding carboxylic acids is 1. The first-order valence-electron chi connectivity index (χ1n) is 7.87. The predicted molar refractivity (Wildman–Crippen MR) is 84.5 cm³/mol. The minimum absolute atomic E-state index is 0.271. The van der Waals surface area contributed by atoms with Crippen LogP contribution in [0.25, 0.3) is 0 Å². The molecule has 0 bridgehead atoms. The van der Waals surface area contributed by atoms with Gasteiger partial charge in [-0.3, -0.25) is 4.79 Å². The van der Waals surface area contributed by atoms with Crippen molar-refractivity contribution in [1.82, 2.24) is 10.5 Å². The summed E-state index contributed by atoms with van der Waals surface area (Å²) in [5, 5.41) is 6.82. The van der Waals surface area contributed by atoms with Crippen LogP contribution in [0, 0.1) is 11.2 Å². The lowest BCUT2D eigenvalue weighted by Gasteiger charge is -2.31. The Morgan fingerprint density at radius 3 is 2.70 bits per heavy atom. The average molecular weight is 316 g/mol. The molecule has 122 valence electrons. The van der Waals surface area contributed by atoms with Crippen LogP contribution in [0.4, 0.5) is 4.39 Å². The number of carbonyl (C=O) groups is 1. The third kappa shape index (κ3) is 3.60. The van der Waals surface area contributed by atoms with Crippen molar-refractivity contribution in [2.75, 3.05) is 0 Å². The highest BCUT2D eigenvalue weighted by atomic mass is 19.1. The van der Waals surface area contributed by atoms with Gasteiger partial charge in [0.25, 0.3) is 5.91 Å². The highest BCUT2D eigenvalue weighted by Crippen LogP contribution is 2.40. The van der Waals surface area contributed by atoms with Crippen molar-refractivity contribution in [3.63, 3.8) is 0 Å². The molecule has 0 aliphatic heterocycles. The van der Waals surface area contributed by atoms with E-state index in [9.17, 15) is 9.18 Å². The lowest BCUT2D eigenvalue weighted by atomic mass is 9.82. The summed E-state index contributed by atoms with van der Waals surface area (Å²) in [6, 6.07) is 7.69. The van der Waals surface area contributed by atoms with Crippen molar-refractivity contribution >= 4 is 5.91 Å². The Bertz CT molecular complexity index is 714. The molecule has 5 heteroatoms. The molecule has 23 heavy (non-hydrogen) atoms. The fourth-order valence-electron chi connectivity index (χ4n) is 2.65. The van der Waals surface area contributed by atoms with Gasteiger partial charge in [0.15, 0.2) is 5.69 Å². The lowest BCUT2D eigenvalue weighted by molar-refractivity contribution is 0.0892. The van der Waals surface area contributed by atoms with Crippen molar-refractivity contribution in [1.29, 1.82) is 0 Å². The van der Waals surface area contributed by atoms with Crippen LogP contribution in [0.3, 0.4) is 0 Å². The molecule has 1 N–H and O–H groups in total. The summed E-state index contributed by atoms with van der Waals surface area (Å²) < 4.78 is 18.8. The third-order valence-corrected chi connectivity index (χ3v) is 4.06. The highest BCUT2D eigenvalue weighted by Gasteiger charge is 2.31. The minimum Gasteiger partial charge on any atom is -0.360 e. The molecule has 1 aromatic heterocycles. The topological polar surface area (TPSA) is 55.1 Å². The summed E-state index contributed by atoms with van der Waals surface area (Å²) in [4.78, 5) is 12.5. The van der Waals surface area contributed by atoms with Crippen molar-refractivity contribution in [3.8, 4) is 0 Å². The van der Waals surface area contributed by atoms with Gasteiger partial charge in [0.1, 0.15) is 11.6 Å². The van der Waals surface area contributed by atoms with E-state index >= 15 is 0 Å². The number of nitrogens with one attached hydrogen (secondary N) is 1. The molecule has 1 atom stereocenters. The van der Waals surface area contributed by atoms with Crippen molar-refractivity contribution in [2.24, 2.45) is 5.41 Å². The Hall–Kier alpha value is -2.17. The van der Waals surface area contributed by atoms with Crippen molar-refractivity contribution in [3.05, 3.63) is 53.2 Å². The minimum atomic E-state index is -0.327. The van der Waals surface area contributed by atoms with E-state index in [1.807, 2.05) is 26.8 Å². The van der Waals surface area contributed by atoms with E-state index in [1.54, 1.807) is 12.1 Å². The number of hydrogen-bond acceptors (Lipinski definition) is 3. The molecule has 0 saturated heterocycles. The molecular weight excluding hydrogens is 295 g/mol. The summed E-state index contributed by atoms with van der Waals surface area (Å²) in [5.41, 5.74) is 0.737. The van der Waals surface area contributed by atoms with Gasteiger partial charge in [-0.1, -0.05) is 38.1 Å². The van der Waals surface area contributed by atoms with Gasteiger partial charge in [-0.25, -0.2) is 4.39 Å². The van der Waals surface area contributed by atoms with Gasteiger partial charge in [-0.2, -0.15) is 0 Å². The van der Waals surface area contributed by atoms with Crippen LogP contribution < -0.4 is 5.32 Å². The van der Waals surface area contributed by atoms with Crippen LogP contribution in [-0.2, 0) is 0 Å². The van der Waals surface area contributed by atoms with E-state index in [0.29, 0.717) is 5.92 Å². The first-order valence-corrected chi connectivity index (χ1v) is 7.87. The fourth-order valence-corrected chi connectivity index (χ4v) is 2.65. The molecule has 4 nitrogen and oxygen atoms in total. The second-order valence-corrected chi connectivity index (χ2v) is 7.22. The van der Waals surface area contributed by atoms with Crippen molar-refractivity contribution in [2.45, 2.75) is 45.6 Å². The number of benzene rings is 1. The summed E-state index contributed by atoms with van der Waals surface area (Å²) in [6.07, 6.45) is 2.17. The van der Waals surface area contributed by atoms with E-state index in [1.165, 1.54) is 12.1 Å². The fraction of sp³-hybridized carbons (Fsp3) is 0.444. The largest absolute Gasteiger partial charge is 0.360 e. The maximum absolute atomic E-state index is 13.5. The highest BCUT2D eigenvalue weighted by molar-refractivity contribution is 5.92. The third-order valence-electron chi connectivity index (χ3n) is 4.06. The number of aromatic nitrogens is 1. The molecule has 1 saturated carbocycles. The molecule has 0 spiro atoms. The number of amides is 1. The standard InChI is InChI=1S/C18H21FN2O2/c1-18(2,3)16(12-5-4-6-13(19)9-12)20-17(22)14-10-15(23-21-14)11-7-8-11/h4-6,9-11,16H,7-8H2,1-3H3,(H,20,22). The molecule has 2 aromatic rings. The van der Waals surface area contributed by atoms with Crippen LogP contribution in [0.2, 0.25) is 0 Å². The summed E-state index contributed by atoms with van der Waals surface area (Å²) in [5.74, 6) is 0.562. The van der Waals surface area contributed by atoms with Crippen LogP contribution in [0.5, 0.6) is 0 Å². The van der Waals surface area contributed by atoms with E-state index in [-0.39, 0.29) is 28.9 Å². The molecule has 1 amide bonds.